The number of hydrogen-bond acceptors (Lipinski definition) is 3. The Morgan fingerprint density at radius 2 is 2.07 bits per heavy atom. The lowest BCUT2D eigenvalue weighted by molar-refractivity contribution is -0.138. The molecule has 0 aromatic carbocycles. The average molecular weight is 217 g/mol. The molecular weight excluding hydrogens is 194 g/mol. The van der Waals surface area contributed by atoms with Crippen LogP contribution in [-0.2, 0) is 9.53 Å². The van der Waals surface area contributed by atoms with Crippen molar-refractivity contribution in [3.8, 4) is 0 Å². The van der Waals surface area contributed by atoms with Crippen molar-refractivity contribution < 1.29 is 14.6 Å². The van der Waals surface area contributed by atoms with Gasteiger partial charge in [0.15, 0.2) is 0 Å². The van der Waals surface area contributed by atoms with Gasteiger partial charge in [0.25, 0.3) is 0 Å². The molecule has 0 unspecified atom stereocenters. The summed E-state index contributed by atoms with van der Waals surface area (Å²) >= 11 is 0. The first-order chi connectivity index (χ1) is 7.06. The van der Waals surface area contributed by atoms with Gasteiger partial charge in [-0.25, -0.2) is 0 Å². The standard InChI is InChI=1S/C11H23NO3/c1-9(2)4-6-15-8-10(3-5-12)7-11(13)14/h9-10H,3-8,12H2,1-2H3,(H,13,14)/t10-/m0/s1. The number of rotatable bonds is 9. The molecule has 0 aromatic rings. The van der Waals surface area contributed by atoms with Crippen molar-refractivity contribution in [2.45, 2.75) is 33.1 Å². The maximum Gasteiger partial charge on any atom is 0.303 e. The topological polar surface area (TPSA) is 72.5 Å². The van der Waals surface area contributed by atoms with Crippen molar-refractivity contribution in [2.75, 3.05) is 19.8 Å². The van der Waals surface area contributed by atoms with Gasteiger partial charge in [-0.05, 0) is 31.2 Å². The Balaban J connectivity index is 3.61. The lowest BCUT2D eigenvalue weighted by atomic mass is 10.0. The summed E-state index contributed by atoms with van der Waals surface area (Å²) < 4.78 is 5.44. The van der Waals surface area contributed by atoms with E-state index in [0.717, 1.165) is 6.42 Å². The first-order valence-electron chi connectivity index (χ1n) is 5.55. The second-order valence-corrected chi connectivity index (χ2v) is 4.30. The van der Waals surface area contributed by atoms with Gasteiger partial charge in [0.2, 0.25) is 0 Å². The zero-order chi connectivity index (χ0) is 11.7. The molecule has 0 aliphatic rings. The Bertz CT molecular complexity index is 171. The van der Waals surface area contributed by atoms with Crippen LogP contribution in [0.25, 0.3) is 0 Å². The zero-order valence-electron chi connectivity index (χ0n) is 9.74. The van der Waals surface area contributed by atoms with Crippen LogP contribution in [0.15, 0.2) is 0 Å². The molecule has 0 aliphatic carbocycles. The highest BCUT2D eigenvalue weighted by molar-refractivity contribution is 5.67. The Morgan fingerprint density at radius 3 is 2.53 bits per heavy atom. The maximum atomic E-state index is 10.5. The van der Waals surface area contributed by atoms with Crippen LogP contribution in [0.2, 0.25) is 0 Å². The molecule has 0 spiro atoms. The minimum Gasteiger partial charge on any atom is -0.481 e. The summed E-state index contributed by atoms with van der Waals surface area (Å²) in [5, 5.41) is 8.66. The van der Waals surface area contributed by atoms with E-state index >= 15 is 0 Å². The molecule has 0 heterocycles. The molecule has 0 radical (unpaired) electrons. The quantitative estimate of drug-likeness (QED) is 0.574. The Labute approximate surface area is 91.8 Å². The predicted molar refractivity (Wildman–Crippen MR) is 59.7 cm³/mol. The van der Waals surface area contributed by atoms with Crippen LogP contribution < -0.4 is 5.73 Å². The average Bonchev–Trinajstić information content (AvgIpc) is 2.11. The third-order valence-electron chi connectivity index (χ3n) is 2.23. The largest absolute Gasteiger partial charge is 0.481 e. The van der Waals surface area contributed by atoms with Crippen LogP contribution in [0.3, 0.4) is 0 Å². The minimum absolute atomic E-state index is 0.0552. The van der Waals surface area contributed by atoms with Crippen molar-refractivity contribution in [3.05, 3.63) is 0 Å². The fourth-order valence-corrected chi connectivity index (χ4v) is 1.30. The first-order valence-corrected chi connectivity index (χ1v) is 5.55. The highest BCUT2D eigenvalue weighted by Gasteiger charge is 2.12. The van der Waals surface area contributed by atoms with Gasteiger partial charge in [0.1, 0.15) is 0 Å². The van der Waals surface area contributed by atoms with Gasteiger partial charge in [0.05, 0.1) is 6.42 Å². The summed E-state index contributed by atoms with van der Waals surface area (Å²) in [5.74, 6) is -0.0991. The van der Waals surface area contributed by atoms with Gasteiger partial charge in [-0.2, -0.15) is 0 Å². The smallest absolute Gasteiger partial charge is 0.303 e. The van der Waals surface area contributed by atoms with Crippen molar-refractivity contribution in [1.82, 2.24) is 0 Å². The van der Waals surface area contributed by atoms with Crippen LogP contribution in [-0.4, -0.2) is 30.8 Å². The second-order valence-electron chi connectivity index (χ2n) is 4.30. The minimum atomic E-state index is -0.777. The van der Waals surface area contributed by atoms with E-state index in [1.54, 1.807) is 0 Å². The molecule has 0 amide bonds. The predicted octanol–water partition coefficient (Wildman–Crippen LogP) is 1.49. The number of nitrogens with two attached hydrogens (primary N) is 1. The van der Waals surface area contributed by atoms with E-state index < -0.39 is 5.97 Å². The molecule has 1 atom stereocenters. The lowest BCUT2D eigenvalue weighted by Crippen LogP contribution is -2.18. The van der Waals surface area contributed by atoms with Gasteiger partial charge in [0, 0.05) is 13.2 Å². The van der Waals surface area contributed by atoms with Crippen LogP contribution in [0, 0.1) is 11.8 Å². The van der Waals surface area contributed by atoms with E-state index in [0.29, 0.717) is 32.1 Å². The number of aliphatic carboxylic acids is 1. The Hall–Kier alpha value is -0.610. The zero-order valence-corrected chi connectivity index (χ0v) is 9.74. The van der Waals surface area contributed by atoms with Gasteiger partial charge in [-0.15, -0.1) is 0 Å². The van der Waals surface area contributed by atoms with Gasteiger partial charge in [-0.1, -0.05) is 13.8 Å². The molecule has 4 nitrogen and oxygen atoms in total. The summed E-state index contributed by atoms with van der Waals surface area (Å²) in [6.45, 7) is 6.01. The van der Waals surface area contributed by atoms with Crippen molar-refractivity contribution in [1.29, 1.82) is 0 Å². The van der Waals surface area contributed by atoms with Crippen LogP contribution in [0.4, 0.5) is 0 Å². The van der Waals surface area contributed by atoms with Crippen molar-refractivity contribution in [3.63, 3.8) is 0 Å². The van der Waals surface area contributed by atoms with E-state index in [1.807, 2.05) is 0 Å². The lowest BCUT2D eigenvalue weighted by Gasteiger charge is -2.14. The third-order valence-corrected chi connectivity index (χ3v) is 2.23. The molecular formula is C11H23NO3. The van der Waals surface area contributed by atoms with Crippen LogP contribution >= 0.6 is 0 Å². The summed E-state index contributed by atoms with van der Waals surface area (Å²) in [4.78, 5) is 10.5. The Kier molecular flexibility index (Phi) is 8.33. The summed E-state index contributed by atoms with van der Waals surface area (Å²) in [6.07, 6.45) is 1.88. The molecule has 0 aromatic heterocycles. The van der Waals surface area contributed by atoms with Crippen LogP contribution in [0.5, 0.6) is 0 Å². The van der Waals surface area contributed by atoms with Gasteiger partial charge < -0.3 is 15.6 Å². The Morgan fingerprint density at radius 1 is 1.40 bits per heavy atom. The van der Waals surface area contributed by atoms with Gasteiger partial charge in [-0.3, -0.25) is 4.79 Å². The normalized spacial score (nSPS) is 13.1. The highest BCUT2D eigenvalue weighted by Crippen LogP contribution is 2.09. The third kappa shape index (κ3) is 9.69. The van der Waals surface area contributed by atoms with E-state index in [1.165, 1.54) is 0 Å². The molecule has 0 saturated carbocycles. The molecule has 90 valence electrons. The molecule has 0 saturated heterocycles. The van der Waals surface area contributed by atoms with Gasteiger partial charge >= 0.3 is 5.97 Å². The first kappa shape index (κ1) is 14.4. The summed E-state index contributed by atoms with van der Waals surface area (Å²) in [7, 11) is 0. The number of ether oxygens (including phenoxy) is 1. The molecule has 0 bridgehead atoms. The van der Waals surface area contributed by atoms with Crippen molar-refractivity contribution in [2.24, 2.45) is 17.6 Å². The summed E-state index contributed by atoms with van der Waals surface area (Å²) in [5.41, 5.74) is 5.41. The fraction of sp³-hybridized carbons (Fsp3) is 0.909. The van der Waals surface area contributed by atoms with Crippen LogP contribution in [0.1, 0.15) is 33.1 Å². The summed E-state index contributed by atoms with van der Waals surface area (Å²) in [6, 6.07) is 0. The fourth-order valence-electron chi connectivity index (χ4n) is 1.30. The van der Waals surface area contributed by atoms with E-state index in [4.69, 9.17) is 15.6 Å². The molecule has 0 aliphatic heterocycles. The van der Waals surface area contributed by atoms with E-state index in [-0.39, 0.29) is 12.3 Å². The molecule has 0 fully saturated rings. The number of carboxylic acids is 1. The number of hydrogen-bond donors (Lipinski definition) is 2. The SMILES string of the molecule is CC(C)CCOC[C@@H](CCN)CC(=O)O. The second kappa shape index (κ2) is 8.68. The van der Waals surface area contributed by atoms with E-state index in [9.17, 15) is 4.79 Å². The van der Waals surface area contributed by atoms with E-state index in [2.05, 4.69) is 13.8 Å². The molecule has 3 N–H and O–H groups in total. The maximum absolute atomic E-state index is 10.5. The number of carboxylic acid groups (broad SMARTS) is 1. The van der Waals surface area contributed by atoms with Crippen molar-refractivity contribution >= 4 is 5.97 Å². The molecule has 15 heavy (non-hydrogen) atoms. The molecule has 4 heteroatoms. The number of carbonyl (C=O) groups is 1. The highest BCUT2D eigenvalue weighted by atomic mass is 16.5. The molecule has 0 rings (SSSR count). The monoisotopic (exact) mass is 217 g/mol.